The number of fused-ring (bicyclic) bond motifs is 1. The van der Waals surface area contributed by atoms with Crippen molar-refractivity contribution < 1.29 is 4.79 Å². The van der Waals surface area contributed by atoms with Crippen LogP contribution in [0.1, 0.15) is 71.2 Å². The van der Waals surface area contributed by atoms with Gasteiger partial charge in [-0.05, 0) is 25.0 Å². The molecule has 1 amide bonds. The van der Waals surface area contributed by atoms with Crippen LogP contribution in [-0.4, -0.2) is 15.5 Å². The molecule has 1 heterocycles. The van der Waals surface area contributed by atoms with E-state index in [9.17, 15) is 4.79 Å². The van der Waals surface area contributed by atoms with Gasteiger partial charge < -0.3 is 9.88 Å². The van der Waals surface area contributed by atoms with Crippen molar-refractivity contribution in [2.75, 3.05) is 0 Å². The van der Waals surface area contributed by atoms with Crippen LogP contribution in [0.3, 0.4) is 0 Å². The second-order valence-electron chi connectivity index (χ2n) is 6.21. The van der Waals surface area contributed by atoms with E-state index >= 15 is 0 Å². The highest BCUT2D eigenvalue weighted by Crippen LogP contribution is 2.25. The van der Waals surface area contributed by atoms with E-state index in [2.05, 4.69) is 41.9 Å². The van der Waals surface area contributed by atoms with Gasteiger partial charge in [0.1, 0.15) is 5.82 Å². The third kappa shape index (κ3) is 4.57. The third-order valence-corrected chi connectivity index (χ3v) is 4.20. The molecule has 1 N–H and O–H groups in total. The maximum absolute atomic E-state index is 11.6. The number of amides is 1. The summed E-state index contributed by atoms with van der Waals surface area (Å²) in [5.41, 5.74) is 2.19. The quantitative estimate of drug-likeness (QED) is 0.688. The molecule has 0 saturated carbocycles. The Morgan fingerprint density at radius 1 is 1.17 bits per heavy atom. The lowest BCUT2D eigenvalue weighted by Gasteiger charge is -2.19. The van der Waals surface area contributed by atoms with E-state index in [0.717, 1.165) is 43.6 Å². The van der Waals surface area contributed by atoms with Crippen LogP contribution in [0.15, 0.2) is 24.3 Å². The summed E-state index contributed by atoms with van der Waals surface area (Å²) < 4.78 is 2.31. The van der Waals surface area contributed by atoms with Crippen LogP contribution in [-0.2, 0) is 11.3 Å². The predicted octanol–water partition coefficient (Wildman–Crippen LogP) is 4.59. The lowest BCUT2D eigenvalue weighted by molar-refractivity contribution is -0.119. The molecule has 1 unspecified atom stereocenters. The highest BCUT2D eigenvalue weighted by molar-refractivity contribution is 5.77. The first-order chi connectivity index (χ1) is 11.2. The van der Waals surface area contributed by atoms with E-state index in [1.165, 1.54) is 18.4 Å². The van der Waals surface area contributed by atoms with E-state index in [4.69, 9.17) is 4.98 Å². The number of hydrogen-bond donors (Lipinski definition) is 1. The van der Waals surface area contributed by atoms with E-state index in [0.29, 0.717) is 0 Å². The summed E-state index contributed by atoms with van der Waals surface area (Å²) in [6.45, 7) is 6.94. The van der Waals surface area contributed by atoms with Crippen molar-refractivity contribution >= 4 is 16.9 Å². The first-order valence-electron chi connectivity index (χ1n) is 8.89. The zero-order chi connectivity index (χ0) is 16.7. The van der Waals surface area contributed by atoms with Gasteiger partial charge in [-0.1, -0.05) is 51.7 Å². The Labute approximate surface area is 139 Å². The van der Waals surface area contributed by atoms with Gasteiger partial charge in [-0.3, -0.25) is 4.79 Å². The number of aromatic nitrogens is 2. The average molecular weight is 315 g/mol. The van der Waals surface area contributed by atoms with Crippen molar-refractivity contribution in [2.45, 2.75) is 71.9 Å². The summed E-state index contributed by atoms with van der Waals surface area (Å²) in [6, 6.07) is 8.27. The van der Waals surface area contributed by atoms with Crippen molar-refractivity contribution in [3.8, 4) is 0 Å². The molecule has 126 valence electrons. The molecule has 4 nitrogen and oxygen atoms in total. The van der Waals surface area contributed by atoms with Crippen LogP contribution in [0.25, 0.3) is 11.0 Å². The number of aryl methyl sites for hydroxylation is 1. The van der Waals surface area contributed by atoms with Gasteiger partial charge in [-0.15, -0.1) is 0 Å². The lowest BCUT2D eigenvalue weighted by Crippen LogP contribution is -2.28. The number of benzene rings is 1. The Hall–Kier alpha value is -1.84. The molecule has 2 rings (SSSR count). The monoisotopic (exact) mass is 315 g/mol. The number of hydrogen-bond acceptors (Lipinski definition) is 2. The minimum Gasteiger partial charge on any atom is -0.346 e. The fraction of sp³-hybridized carbons (Fsp3) is 0.579. The Morgan fingerprint density at radius 3 is 2.61 bits per heavy atom. The molecule has 0 fully saturated rings. The Bertz CT molecular complexity index is 633. The van der Waals surface area contributed by atoms with Crippen LogP contribution >= 0.6 is 0 Å². The molecule has 0 aliphatic carbocycles. The topological polar surface area (TPSA) is 46.9 Å². The highest BCUT2D eigenvalue weighted by Gasteiger charge is 2.20. The molecule has 4 heteroatoms. The Morgan fingerprint density at radius 2 is 1.91 bits per heavy atom. The van der Waals surface area contributed by atoms with Crippen LogP contribution in [0, 0.1) is 0 Å². The molecule has 0 aliphatic heterocycles. The molecule has 1 aromatic carbocycles. The summed E-state index contributed by atoms with van der Waals surface area (Å²) in [5, 5.41) is 3.10. The van der Waals surface area contributed by atoms with E-state index < -0.39 is 0 Å². The minimum absolute atomic E-state index is 0.00137. The number of unbranched alkanes of at least 4 members (excludes halogenated alkanes) is 3. The highest BCUT2D eigenvalue weighted by atomic mass is 16.1. The molecule has 0 saturated heterocycles. The molecule has 1 atom stereocenters. The molecule has 0 bridgehead atoms. The van der Waals surface area contributed by atoms with Crippen LogP contribution in [0.5, 0.6) is 0 Å². The largest absolute Gasteiger partial charge is 0.346 e. The summed E-state index contributed by atoms with van der Waals surface area (Å²) in [5.74, 6) is 1.02. The average Bonchev–Trinajstić information content (AvgIpc) is 2.90. The molecular weight excluding hydrogens is 286 g/mol. The molecule has 0 aliphatic rings. The van der Waals surface area contributed by atoms with Crippen LogP contribution < -0.4 is 5.32 Å². The molecule has 2 aromatic rings. The van der Waals surface area contributed by atoms with Crippen LogP contribution in [0.2, 0.25) is 0 Å². The third-order valence-electron chi connectivity index (χ3n) is 4.20. The van der Waals surface area contributed by atoms with Gasteiger partial charge >= 0.3 is 0 Å². The van der Waals surface area contributed by atoms with Crippen molar-refractivity contribution in [3.05, 3.63) is 30.1 Å². The SMILES string of the molecule is CCCCCn1c(C(CCCC)NC(C)=O)nc2ccccc21. The summed E-state index contributed by atoms with van der Waals surface area (Å²) in [7, 11) is 0. The van der Waals surface area contributed by atoms with E-state index in [-0.39, 0.29) is 11.9 Å². The number of rotatable bonds is 9. The Balaban J connectivity index is 2.37. The zero-order valence-electron chi connectivity index (χ0n) is 14.6. The molecular formula is C19H29N3O. The van der Waals surface area contributed by atoms with Crippen molar-refractivity contribution in [2.24, 2.45) is 0 Å². The summed E-state index contributed by atoms with van der Waals surface area (Å²) in [6.07, 6.45) is 6.70. The zero-order valence-corrected chi connectivity index (χ0v) is 14.6. The van der Waals surface area contributed by atoms with Crippen molar-refractivity contribution in [1.29, 1.82) is 0 Å². The number of nitrogens with zero attached hydrogens (tertiary/aromatic N) is 2. The van der Waals surface area contributed by atoms with Crippen molar-refractivity contribution in [3.63, 3.8) is 0 Å². The van der Waals surface area contributed by atoms with Gasteiger partial charge in [-0.25, -0.2) is 4.98 Å². The molecule has 0 radical (unpaired) electrons. The summed E-state index contributed by atoms with van der Waals surface area (Å²) >= 11 is 0. The lowest BCUT2D eigenvalue weighted by atomic mass is 10.1. The molecule has 1 aromatic heterocycles. The molecule has 0 spiro atoms. The minimum atomic E-state index is 0.00137. The molecule has 23 heavy (non-hydrogen) atoms. The number of imidazole rings is 1. The van der Waals surface area contributed by atoms with Gasteiger partial charge in [0.2, 0.25) is 5.91 Å². The number of carbonyl (C=O) groups excluding carboxylic acids is 1. The van der Waals surface area contributed by atoms with Crippen LogP contribution in [0.4, 0.5) is 0 Å². The maximum Gasteiger partial charge on any atom is 0.217 e. The first-order valence-corrected chi connectivity index (χ1v) is 8.89. The maximum atomic E-state index is 11.6. The first kappa shape index (κ1) is 17.5. The fourth-order valence-corrected chi connectivity index (χ4v) is 3.03. The summed E-state index contributed by atoms with van der Waals surface area (Å²) in [4.78, 5) is 16.5. The van der Waals surface area contributed by atoms with E-state index in [1.54, 1.807) is 6.92 Å². The second kappa shape index (κ2) is 8.70. The van der Waals surface area contributed by atoms with Gasteiger partial charge in [0.25, 0.3) is 0 Å². The van der Waals surface area contributed by atoms with Gasteiger partial charge in [0, 0.05) is 13.5 Å². The van der Waals surface area contributed by atoms with Gasteiger partial charge in [0.05, 0.1) is 17.1 Å². The standard InChI is InChI=1S/C19H29N3O/c1-4-6-10-14-22-18-13-9-8-12-16(18)21-19(22)17(11-7-5-2)20-15(3)23/h8-9,12-13,17H,4-7,10-11,14H2,1-3H3,(H,20,23). The Kier molecular flexibility index (Phi) is 6.63. The van der Waals surface area contributed by atoms with E-state index in [1.807, 2.05) is 6.07 Å². The fourth-order valence-electron chi connectivity index (χ4n) is 3.03. The van der Waals surface area contributed by atoms with Gasteiger partial charge in [0.15, 0.2) is 0 Å². The number of para-hydroxylation sites is 2. The number of nitrogens with one attached hydrogen (secondary N) is 1. The van der Waals surface area contributed by atoms with Gasteiger partial charge in [-0.2, -0.15) is 0 Å². The van der Waals surface area contributed by atoms with Crippen molar-refractivity contribution in [1.82, 2.24) is 14.9 Å². The second-order valence-corrected chi connectivity index (χ2v) is 6.21. The smallest absolute Gasteiger partial charge is 0.217 e. The predicted molar refractivity (Wildman–Crippen MR) is 95.3 cm³/mol. The normalized spacial score (nSPS) is 12.5. The number of carbonyl (C=O) groups is 1.